The van der Waals surface area contributed by atoms with Gasteiger partial charge in [0, 0.05) is 18.4 Å². The average Bonchev–Trinajstić information content (AvgIpc) is 2.24. The smallest absolute Gasteiger partial charge is 0.159 e. The lowest BCUT2D eigenvalue weighted by atomic mass is 10.1. The first-order valence-electron chi connectivity index (χ1n) is 5.84. The van der Waals surface area contributed by atoms with Crippen LogP contribution in [0.1, 0.15) is 57.7 Å². The van der Waals surface area contributed by atoms with Crippen LogP contribution in [0.4, 0.5) is 5.82 Å². The largest absolute Gasteiger partial charge is 0.384 e. The van der Waals surface area contributed by atoms with E-state index in [0.717, 1.165) is 12.1 Å². The molecule has 1 aromatic rings. The normalized spacial score (nSPS) is 13.1. The summed E-state index contributed by atoms with van der Waals surface area (Å²) in [5.41, 5.74) is 6.75. The van der Waals surface area contributed by atoms with Crippen molar-refractivity contribution < 1.29 is 4.74 Å². The van der Waals surface area contributed by atoms with Gasteiger partial charge in [-0.3, -0.25) is 0 Å². The second-order valence-electron chi connectivity index (χ2n) is 4.08. The first-order chi connectivity index (χ1) is 7.58. The third-order valence-electron chi connectivity index (χ3n) is 2.40. The van der Waals surface area contributed by atoms with E-state index in [1.807, 2.05) is 13.0 Å². The number of nitrogens with zero attached hydrogens (tertiary/aromatic N) is 2. The van der Waals surface area contributed by atoms with Gasteiger partial charge in [0.2, 0.25) is 0 Å². The summed E-state index contributed by atoms with van der Waals surface area (Å²) < 4.78 is 5.59. The molecule has 0 spiro atoms. The summed E-state index contributed by atoms with van der Waals surface area (Å²) in [6.07, 6.45) is 0.806. The molecule has 4 heteroatoms. The van der Waals surface area contributed by atoms with Gasteiger partial charge >= 0.3 is 0 Å². The maximum atomic E-state index is 5.78. The van der Waals surface area contributed by atoms with E-state index in [0.29, 0.717) is 24.2 Å². The molecule has 1 atom stereocenters. The van der Waals surface area contributed by atoms with Crippen LogP contribution in [0.25, 0.3) is 0 Å². The Bertz CT molecular complexity index is 339. The molecule has 2 N–H and O–H groups in total. The van der Waals surface area contributed by atoms with E-state index in [1.165, 1.54) is 0 Å². The number of aromatic nitrogens is 2. The molecular weight excluding hydrogens is 202 g/mol. The predicted octanol–water partition coefficient (Wildman–Crippen LogP) is 2.67. The molecule has 1 rings (SSSR count). The van der Waals surface area contributed by atoms with Crippen molar-refractivity contribution >= 4 is 5.82 Å². The van der Waals surface area contributed by atoms with E-state index in [-0.39, 0.29) is 6.10 Å². The minimum Gasteiger partial charge on any atom is -0.384 e. The first kappa shape index (κ1) is 12.9. The lowest BCUT2D eigenvalue weighted by Gasteiger charge is -2.15. The van der Waals surface area contributed by atoms with Crippen molar-refractivity contribution in [3.8, 4) is 0 Å². The zero-order valence-electron chi connectivity index (χ0n) is 10.5. The lowest BCUT2D eigenvalue weighted by molar-refractivity contribution is 0.0534. The number of nitrogens with two attached hydrogens (primary N) is 1. The van der Waals surface area contributed by atoms with Gasteiger partial charge in [0.25, 0.3) is 0 Å². The molecule has 0 bridgehead atoms. The van der Waals surface area contributed by atoms with Crippen molar-refractivity contribution in [3.63, 3.8) is 0 Å². The van der Waals surface area contributed by atoms with Gasteiger partial charge in [-0.25, -0.2) is 9.97 Å². The van der Waals surface area contributed by atoms with Crippen LogP contribution in [0.5, 0.6) is 0 Å². The summed E-state index contributed by atoms with van der Waals surface area (Å²) in [5, 5.41) is 0. The predicted molar refractivity (Wildman–Crippen MR) is 65.2 cm³/mol. The molecule has 0 aliphatic heterocycles. The van der Waals surface area contributed by atoms with Crippen LogP contribution >= 0.6 is 0 Å². The Morgan fingerprint density at radius 3 is 2.50 bits per heavy atom. The topological polar surface area (TPSA) is 61.0 Å². The zero-order valence-corrected chi connectivity index (χ0v) is 10.5. The van der Waals surface area contributed by atoms with Crippen LogP contribution < -0.4 is 5.73 Å². The molecule has 0 saturated carbocycles. The van der Waals surface area contributed by atoms with Gasteiger partial charge in [-0.2, -0.15) is 0 Å². The lowest BCUT2D eigenvalue weighted by Crippen LogP contribution is -2.11. The summed E-state index contributed by atoms with van der Waals surface area (Å²) in [4.78, 5) is 8.75. The maximum absolute atomic E-state index is 5.78. The fourth-order valence-corrected chi connectivity index (χ4v) is 1.52. The minimum atomic E-state index is -0.0500. The van der Waals surface area contributed by atoms with Crippen LogP contribution in [0.15, 0.2) is 6.07 Å². The van der Waals surface area contributed by atoms with Gasteiger partial charge in [0.1, 0.15) is 11.9 Å². The maximum Gasteiger partial charge on any atom is 0.159 e. The third-order valence-corrected chi connectivity index (χ3v) is 2.40. The van der Waals surface area contributed by atoms with Crippen LogP contribution in [0.3, 0.4) is 0 Å². The highest BCUT2D eigenvalue weighted by Gasteiger charge is 2.15. The van der Waals surface area contributed by atoms with E-state index in [9.17, 15) is 0 Å². The molecule has 0 saturated heterocycles. The molecule has 0 aliphatic carbocycles. The number of hydrogen-bond donors (Lipinski definition) is 1. The molecule has 4 nitrogen and oxygen atoms in total. The Labute approximate surface area is 97.2 Å². The van der Waals surface area contributed by atoms with E-state index in [2.05, 4.69) is 30.7 Å². The Morgan fingerprint density at radius 2 is 2.00 bits per heavy atom. The molecule has 0 aromatic carbocycles. The molecule has 16 heavy (non-hydrogen) atoms. The first-order valence-corrected chi connectivity index (χ1v) is 5.84. The van der Waals surface area contributed by atoms with Crippen molar-refractivity contribution in [3.05, 3.63) is 17.6 Å². The van der Waals surface area contributed by atoms with Crippen LogP contribution in [0.2, 0.25) is 0 Å². The highest BCUT2D eigenvalue weighted by Crippen LogP contribution is 2.21. The molecule has 0 aliphatic rings. The number of nitrogen functional groups attached to an aromatic ring is 1. The zero-order chi connectivity index (χ0) is 12.1. The van der Waals surface area contributed by atoms with Gasteiger partial charge in [0.05, 0.1) is 0 Å². The molecule has 0 radical (unpaired) electrons. The van der Waals surface area contributed by atoms with Crippen molar-refractivity contribution in [2.45, 2.75) is 46.1 Å². The Hall–Kier alpha value is -1.16. The fraction of sp³-hybridized carbons (Fsp3) is 0.667. The minimum absolute atomic E-state index is 0.0500. The molecule has 1 unspecified atom stereocenters. The van der Waals surface area contributed by atoms with Crippen LogP contribution in [-0.4, -0.2) is 16.6 Å². The summed E-state index contributed by atoms with van der Waals surface area (Å²) in [6.45, 7) is 8.87. The van der Waals surface area contributed by atoms with Gasteiger partial charge in [-0.05, 0) is 19.3 Å². The molecule has 1 heterocycles. The summed E-state index contributed by atoms with van der Waals surface area (Å²) in [7, 11) is 0. The standard InChI is InChI=1S/C12H21N3O/c1-5-10(16-6-2)12-14-9(8(3)4)7-11(13)15-12/h7-8,10H,5-6H2,1-4H3,(H2,13,14,15). The Kier molecular flexibility index (Phi) is 4.68. The van der Waals surface area contributed by atoms with Crippen LogP contribution in [0, 0.1) is 0 Å². The van der Waals surface area contributed by atoms with Crippen molar-refractivity contribution in [2.75, 3.05) is 12.3 Å². The average molecular weight is 223 g/mol. The molecule has 90 valence electrons. The fourth-order valence-electron chi connectivity index (χ4n) is 1.52. The summed E-state index contributed by atoms with van der Waals surface area (Å²) >= 11 is 0. The van der Waals surface area contributed by atoms with Crippen molar-refractivity contribution in [1.29, 1.82) is 0 Å². The van der Waals surface area contributed by atoms with E-state index < -0.39 is 0 Å². The molecule has 0 fully saturated rings. The monoisotopic (exact) mass is 223 g/mol. The molecule has 1 aromatic heterocycles. The SMILES string of the molecule is CCOC(CC)c1nc(N)cc(C(C)C)n1. The van der Waals surface area contributed by atoms with Crippen LogP contribution in [-0.2, 0) is 4.74 Å². The Morgan fingerprint density at radius 1 is 1.31 bits per heavy atom. The summed E-state index contributed by atoms with van der Waals surface area (Å²) in [6, 6.07) is 1.83. The van der Waals surface area contributed by atoms with E-state index >= 15 is 0 Å². The van der Waals surface area contributed by atoms with Crippen molar-refractivity contribution in [1.82, 2.24) is 9.97 Å². The second kappa shape index (κ2) is 5.80. The Balaban J connectivity index is 3.02. The van der Waals surface area contributed by atoms with Gasteiger partial charge in [-0.15, -0.1) is 0 Å². The second-order valence-corrected chi connectivity index (χ2v) is 4.08. The van der Waals surface area contributed by atoms with Gasteiger partial charge < -0.3 is 10.5 Å². The highest BCUT2D eigenvalue weighted by molar-refractivity contribution is 5.31. The molecular formula is C12H21N3O. The van der Waals surface area contributed by atoms with E-state index in [4.69, 9.17) is 10.5 Å². The van der Waals surface area contributed by atoms with Crippen molar-refractivity contribution in [2.24, 2.45) is 0 Å². The number of ether oxygens (including phenoxy) is 1. The highest BCUT2D eigenvalue weighted by atomic mass is 16.5. The summed E-state index contributed by atoms with van der Waals surface area (Å²) in [5.74, 6) is 1.57. The number of anilines is 1. The van der Waals surface area contributed by atoms with E-state index in [1.54, 1.807) is 0 Å². The number of rotatable bonds is 5. The van der Waals surface area contributed by atoms with Gasteiger partial charge in [0.15, 0.2) is 5.82 Å². The number of hydrogen-bond acceptors (Lipinski definition) is 4. The third kappa shape index (κ3) is 3.17. The van der Waals surface area contributed by atoms with Gasteiger partial charge in [-0.1, -0.05) is 20.8 Å². The quantitative estimate of drug-likeness (QED) is 0.833. The molecule has 0 amide bonds.